The Morgan fingerprint density at radius 3 is 2.55 bits per heavy atom. The Balaban J connectivity index is 2.68. The Kier molecular flexibility index (Phi) is 5.16. The summed E-state index contributed by atoms with van der Waals surface area (Å²) in [6, 6.07) is 4.10. The Bertz CT molecular complexity index is 642. The van der Waals surface area contributed by atoms with Crippen molar-refractivity contribution in [3.8, 4) is 0 Å². The van der Waals surface area contributed by atoms with Gasteiger partial charge >= 0.3 is 0 Å². The maximum atomic E-state index is 6.32. The van der Waals surface area contributed by atoms with E-state index in [2.05, 4.69) is 53.1 Å². The molecule has 2 aromatic rings. The molecule has 0 spiro atoms. The van der Waals surface area contributed by atoms with Crippen LogP contribution in [-0.4, -0.2) is 11.5 Å². The number of rotatable bonds is 4. The first-order valence-corrected chi connectivity index (χ1v) is 8.22. The number of hydrogen-bond donors (Lipinski definition) is 1. The first-order chi connectivity index (χ1) is 9.45. The van der Waals surface area contributed by atoms with Gasteiger partial charge in [0.05, 0.1) is 15.6 Å². The van der Waals surface area contributed by atoms with Gasteiger partial charge in [-0.25, -0.2) is 4.98 Å². The van der Waals surface area contributed by atoms with E-state index in [-0.39, 0.29) is 0 Å². The molecule has 0 aliphatic heterocycles. The number of pyridine rings is 1. The Morgan fingerprint density at radius 2 is 1.95 bits per heavy atom. The minimum atomic E-state index is 0.388. The minimum absolute atomic E-state index is 0.388. The zero-order valence-electron chi connectivity index (χ0n) is 11.7. The van der Waals surface area contributed by atoms with E-state index in [9.17, 15) is 0 Å². The summed E-state index contributed by atoms with van der Waals surface area (Å²) in [5.74, 6) is 1.29. The molecule has 0 amide bonds. The predicted molar refractivity (Wildman–Crippen MR) is 92.3 cm³/mol. The summed E-state index contributed by atoms with van der Waals surface area (Å²) < 4.78 is 0.794. The largest absolute Gasteiger partial charge is 0.370 e. The standard InChI is InChI=1S/C15H17BrCl2N2/c1-4-5-19-15-10(8(2)3)6-9-7-11(16)12(17)13(18)14(9)20-15/h6-8H,4-5H2,1-3H3,(H,19,20). The minimum Gasteiger partial charge on any atom is -0.370 e. The fourth-order valence-corrected chi connectivity index (χ4v) is 3.02. The molecular weight excluding hydrogens is 359 g/mol. The van der Waals surface area contributed by atoms with Gasteiger partial charge in [0.15, 0.2) is 0 Å². The van der Waals surface area contributed by atoms with Gasteiger partial charge in [-0.1, -0.05) is 44.0 Å². The van der Waals surface area contributed by atoms with Crippen LogP contribution in [0.15, 0.2) is 16.6 Å². The van der Waals surface area contributed by atoms with Gasteiger partial charge in [-0.15, -0.1) is 0 Å². The number of anilines is 1. The first-order valence-electron chi connectivity index (χ1n) is 6.67. The van der Waals surface area contributed by atoms with Gasteiger partial charge in [0.25, 0.3) is 0 Å². The second kappa shape index (κ2) is 6.50. The molecule has 2 nitrogen and oxygen atoms in total. The van der Waals surface area contributed by atoms with Crippen LogP contribution in [0, 0.1) is 0 Å². The highest BCUT2D eigenvalue weighted by atomic mass is 79.9. The van der Waals surface area contributed by atoms with E-state index in [0.717, 1.165) is 34.2 Å². The molecule has 1 aromatic heterocycles. The van der Waals surface area contributed by atoms with Gasteiger partial charge in [0.2, 0.25) is 0 Å². The van der Waals surface area contributed by atoms with Gasteiger partial charge in [-0.2, -0.15) is 0 Å². The van der Waals surface area contributed by atoms with Gasteiger partial charge in [-0.05, 0) is 46.0 Å². The average molecular weight is 376 g/mol. The lowest BCUT2D eigenvalue weighted by Gasteiger charge is -2.16. The molecule has 1 N–H and O–H groups in total. The van der Waals surface area contributed by atoms with Gasteiger partial charge < -0.3 is 5.32 Å². The van der Waals surface area contributed by atoms with E-state index in [1.54, 1.807) is 0 Å². The van der Waals surface area contributed by atoms with Gasteiger partial charge in [0, 0.05) is 16.4 Å². The van der Waals surface area contributed by atoms with Crippen LogP contribution in [0.3, 0.4) is 0 Å². The topological polar surface area (TPSA) is 24.9 Å². The number of hydrogen-bond acceptors (Lipinski definition) is 2. The molecule has 1 aromatic carbocycles. The fourth-order valence-electron chi connectivity index (χ4n) is 2.06. The number of nitrogens with one attached hydrogen (secondary N) is 1. The lowest BCUT2D eigenvalue weighted by molar-refractivity contribution is 0.856. The average Bonchev–Trinajstić information content (AvgIpc) is 2.42. The van der Waals surface area contributed by atoms with Crippen LogP contribution in [0.25, 0.3) is 10.9 Å². The highest BCUT2D eigenvalue weighted by Crippen LogP contribution is 2.38. The predicted octanol–water partition coefficient (Wildman–Crippen LogP) is 6.25. The molecular formula is C15H17BrCl2N2. The van der Waals surface area contributed by atoms with Crippen LogP contribution < -0.4 is 5.32 Å². The van der Waals surface area contributed by atoms with Crippen molar-refractivity contribution in [2.24, 2.45) is 0 Å². The summed E-state index contributed by atoms with van der Waals surface area (Å²) in [4.78, 5) is 4.69. The van der Waals surface area contributed by atoms with Crippen LogP contribution in [0.2, 0.25) is 10.0 Å². The molecule has 0 aliphatic rings. The maximum Gasteiger partial charge on any atom is 0.130 e. The summed E-state index contributed by atoms with van der Waals surface area (Å²) in [7, 11) is 0. The zero-order chi connectivity index (χ0) is 14.9. The van der Waals surface area contributed by atoms with Crippen LogP contribution in [0.4, 0.5) is 5.82 Å². The molecule has 0 saturated heterocycles. The molecule has 1 heterocycles. The third-order valence-electron chi connectivity index (χ3n) is 3.14. The third-order valence-corrected chi connectivity index (χ3v) is 4.85. The highest BCUT2D eigenvalue weighted by molar-refractivity contribution is 9.10. The molecule has 2 rings (SSSR count). The number of fused-ring (bicyclic) bond motifs is 1. The number of halogens is 3. The van der Waals surface area contributed by atoms with E-state index in [1.165, 1.54) is 5.56 Å². The molecule has 20 heavy (non-hydrogen) atoms. The third kappa shape index (κ3) is 3.05. The number of benzene rings is 1. The number of aromatic nitrogens is 1. The van der Waals surface area contributed by atoms with E-state index in [4.69, 9.17) is 23.2 Å². The molecule has 108 valence electrons. The summed E-state index contributed by atoms with van der Waals surface area (Å²) in [5, 5.41) is 5.37. The summed E-state index contributed by atoms with van der Waals surface area (Å²) >= 11 is 15.9. The SMILES string of the molecule is CCCNc1nc2c(Cl)c(Cl)c(Br)cc2cc1C(C)C. The second-order valence-corrected chi connectivity index (χ2v) is 6.68. The smallest absolute Gasteiger partial charge is 0.130 e. The van der Waals surface area contributed by atoms with Gasteiger partial charge in [0.1, 0.15) is 5.82 Å². The van der Waals surface area contributed by atoms with Crippen molar-refractivity contribution in [3.63, 3.8) is 0 Å². The fraction of sp³-hybridized carbons (Fsp3) is 0.400. The number of nitrogens with zero attached hydrogens (tertiary/aromatic N) is 1. The first kappa shape index (κ1) is 15.9. The van der Waals surface area contributed by atoms with E-state index < -0.39 is 0 Å². The van der Waals surface area contributed by atoms with Crippen molar-refractivity contribution in [2.45, 2.75) is 33.1 Å². The molecule has 0 atom stereocenters. The summed E-state index contributed by atoms with van der Waals surface area (Å²) in [6.45, 7) is 7.34. The van der Waals surface area contributed by atoms with Crippen LogP contribution in [-0.2, 0) is 0 Å². The molecule has 0 radical (unpaired) electrons. The van der Waals surface area contributed by atoms with Crippen molar-refractivity contribution >= 4 is 55.9 Å². The normalized spacial score (nSPS) is 11.3. The van der Waals surface area contributed by atoms with Crippen LogP contribution in [0.1, 0.15) is 38.7 Å². The quantitative estimate of drug-likeness (QED) is 0.638. The van der Waals surface area contributed by atoms with Crippen molar-refractivity contribution in [1.82, 2.24) is 4.98 Å². The second-order valence-electron chi connectivity index (χ2n) is 5.07. The molecule has 0 saturated carbocycles. The van der Waals surface area contributed by atoms with Crippen LogP contribution in [0.5, 0.6) is 0 Å². The lowest BCUT2D eigenvalue weighted by atomic mass is 10.0. The zero-order valence-corrected chi connectivity index (χ0v) is 14.8. The van der Waals surface area contributed by atoms with Gasteiger partial charge in [-0.3, -0.25) is 0 Å². The van der Waals surface area contributed by atoms with Crippen LogP contribution >= 0.6 is 39.1 Å². The molecule has 0 bridgehead atoms. The van der Waals surface area contributed by atoms with Crippen molar-refractivity contribution < 1.29 is 0 Å². The monoisotopic (exact) mass is 374 g/mol. The Labute approximate surface area is 138 Å². The summed E-state index contributed by atoms with van der Waals surface area (Å²) in [5.41, 5.74) is 1.93. The molecule has 0 fully saturated rings. The van der Waals surface area contributed by atoms with Crippen molar-refractivity contribution in [3.05, 3.63) is 32.2 Å². The maximum absolute atomic E-state index is 6.32. The van der Waals surface area contributed by atoms with E-state index in [1.807, 2.05) is 6.07 Å². The van der Waals surface area contributed by atoms with E-state index in [0.29, 0.717) is 16.0 Å². The van der Waals surface area contributed by atoms with Crippen molar-refractivity contribution in [1.29, 1.82) is 0 Å². The Morgan fingerprint density at radius 1 is 1.25 bits per heavy atom. The molecule has 5 heteroatoms. The molecule has 0 unspecified atom stereocenters. The highest BCUT2D eigenvalue weighted by Gasteiger charge is 2.15. The lowest BCUT2D eigenvalue weighted by Crippen LogP contribution is -2.07. The molecule has 0 aliphatic carbocycles. The van der Waals surface area contributed by atoms with E-state index >= 15 is 0 Å². The summed E-state index contributed by atoms with van der Waals surface area (Å²) in [6.07, 6.45) is 1.05. The van der Waals surface area contributed by atoms with Crippen molar-refractivity contribution in [2.75, 3.05) is 11.9 Å². The Hall–Kier alpha value is -0.510.